The van der Waals surface area contributed by atoms with Gasteiger partial charge in [-0.25, -0.2) is 0 Å². The van der Waals surface area contributed by atoms with Crippen LogP contribution in [0.1, 0.15) is 33.5 Å². The molecule has 0 aromatic carbocycles. The molecule has 5 nitrogen and oxygen atoms in total. The van der Waals surface area contributed by atoms with E-state index in [1.54, 1.807) is 18.4 Å². The van der Waals surface area contributed by atoms with Gasteiger partial charge in [0.2, 0.25) is 0 Å². The Morgan fingerprint density at radius 2 is 2.33 bits per heavy atom. The van der Waals surface area contributed by atoms with E-state index in [1.165, 1.54) is 11.3 Å². The Kier molecular flexibility index (Phi) is 4.16. The van der Waals surface area contributed by atoms with Crippen LogP contribution in [0.3, 0.4) is 0 Å². The molecule has 0 saturated carbocycles. The molecule has 0 aliphatic heterocycles. The van der Waals surface area contributed by atoms with E-state index in [2.05, 4.69) is 14.9 Å². The summed E-state index contributed by atoms with van der Waals surface area (Å²) in [6.45, 7) is 1.79. The van der Waals surface area contributed by atoms with Crippen molar-refractivity contribution in [3.8, 4) is 0 Å². The molecule has 0 bridgehead atoms. The predicted molar refractivity (Wildman–Crippen MR) is 70.1 cm³/mol. The standard InChI is InChI=1S/C11H11N3O2S2/c1-7(5-9(15)10-3-2-4-17-10)12-11(16)8-6-18-14-13-8/h2-4,6-7H,5H2,1H3,(H,12,16). The van der Waals surface area contributed by atoms with Gasteiger partial charge in [-0.1, -0.05) is 10.6 Å². The van der Waals surface area contributed by atoms with Gasteiger partial charge in [-0.3, -0.25) is 9.59 Å². The van der Waals surface area contributed by atoms with E-state index in [1.807, 2.05) is 11.4 Å². The Labute approximate surface area is 112 Å². The summed E-state index contributed by atoms with van der Waals surface area (Å²) in [5, 5.41) is 9.83. The fourth-order valence-corrected chi connectivity index (χ4v) is 2.54. The maximum Gasteiger partial charge on any atom is 0.272 e. The molecule has 2 aromatic rings. The lowest BCUT2D eigenvalue weighted by molar-refractivity contribution is 0.0915. The number of hydrogen-bond donors (Lipinski definition) is 1. The normalized spacial score (nSPS) is 12.1. The van der Waals surface area contributed by atoms with Crippen LogP contribution in [-0.4, -0.2) is 27.3 Å². The van der Waals surface area contributed by atoms with E-state index < -0.39 is 0 Å². The Hall–Kier alpha value is -1.60. The van der Waals surface area contributed by atoms with Gasteiger partial charge in [0, 0.05) is 17.8 Å². The van der Waals surface area contributed by atoms with E-state index in [4.69, 9.17) is 0 Å². The first-order valence-electron chi connectivity index (χ1n) is 5.31. The van der Waals surface area contributed by atoms with Crippen molar-refractivity contribution in [3.05, 3.63) is 33.5 Å². The van der Waals surface area contributed by atoms with Crippen molar-refractivity contribution < 1.29 is 9.59 Å². The summed E-state index contributed by atoms with van der Waals surface area (Å²) in [5.41, 5.74) is 0.287. The Morgan fingerprint density at radius 3 is 2.94 bits per heavy atom. The van der Waals surface area contributed by atoms with Crippen LogP contribution in [0.4, 0.5) is 0 Å². The van der Waals surface area contributed by atoms with Gasteiger partial charge in [0.15, 0.2) is 11.5 Å². The van der Waals surface area contributed by atoms with E-state index in [9.17, 15) is 9.59 Å². The average molecular weight is 281 g/mol. The third-order valence-corrected chi connectivity index (χ3v) is 3.67. The number of carbonyl (C=O) groups is 2. The lowest BCUT2D eigenvalue weighted by Crippen LogP contribution is -2.34. The fraction of sp³-hybridized carbons (Fsp3) is 0.273. The van der Waals surface area contributed by atoms with Gasteiger partial charge >= 0.3 is 0 Å². The Bertz CT molecular complexity index is 474. The molecule has 0 aliphatic carbocycles. The highest BCUT2D eigenvalue weighted by Crippen LogP contribution is 2.12. The average Bonchev–Trinajstić information content (AvgIpc) is 3.02. The number of amides is 1. The van der Waals surface area contributed by atoms with E-state index in [0.717, 1.165) is 11.5 Å². The van der Waals surface area contributed by atoms with Crippen molar-refractivity contribution >= 4 is 34.6 Å². The zero-order valence-electron chi connectivity index (χ0n) is 9.62. The summed E-state index contributed by atoms with van der Waals surface area (Å²) in [6, 6.07) is 3.39. The van der Waals surface area contributed by atoms with Crippen LogP contribution in [0.5, 0.6) is 0 Å². The molecule has 1 unspecified atom stereocenters. The third-order valence-electron chi connectivity index (χ3n) is 2.26. The predicted octanol–water partition coefficient (Wildman–Crippen LogP) is 1.99. The van der Waals surface area contributed by atoms with Gasteiger partial charge < -0.3 is 5.32 Å². The Morgan fingerprint density at radius 1 is 1.50 bits per heavy atom. The molecular weight excluding hydrogens is 270 g/mol. The van der Waals surface area contributed by atoms with Crippen LogP contribution in [0.25, 0.3) is 0 Å². The van der Waals surface area contributed by atoms with Gasteiger partial charge in [-0.05, 0) is 29.9 Å². The van der Waals surface area contributed by atoms with Crippen molar-refractivity contribution in [3.63, 3.8) is 0 Å². The second-order valence-corrected chi connectivity index (χ2v) is 5.33. The van der Waals surface area contributed by atoms with Crippen LogP contribution < -0.4 is 5.32 Å². The first-order chi connectivity index (χ1) is 8.66. The topological polar surface area (TPSA) is 72.0 Å². The monoisotopic (exact) mass is 281 g/mol. The van der Waals surface area contributed by atoms with Gasteiger partial charge in [0.05, 0.1) is 4.88 Å². The summed E-state index contributed by atoms with van der Waals surface area (Å²) in [4.78, 5) is 24.2. The van der Waals surface area contributed by atoms with Crippen molar-refractivity contribution in [2.24, 2.45) is 0 Å². The summed E-state index contributed by atoms with van der Waals surface area (Å²) in [7, 11) is 0. The van der Waals surface area contributed by atoms with Crippen LogP contribution in [0.15, 0.2) is 22.9 Å². The minimum atomic E-state index is -0.296. The molecule has 2 aromatic heterocycles. The SMILES string of the molecule is CC(CC(=O)c1cccs1)NC(=O)c1csnn1. The number of ketones is 1. The van der Waals surface area contributed by atoms with E-state index >= 15 is 0 Å². The molecule has 18 heavy (non-hydrogen) atoms. The number of nitrogens with zero attached hydrogens (tertiary/aromatic N) is 2. The number of aromatic nitrogens is 2. The van der Waals surface area contributed by atoms with Crippen molar-refractivity contribution in [1.29, 1.82) is 0 Å². The van der Waals surface area contributed by atoms with Gasteiger partial charge in [-0.2, -0.15) is 0 Å². The quantitative estimate of drug-likeness (QED) is 0.851. The number of hydrogen-bond acceptors (Lipinski definition) is 6. The second kappa shape index (κ2) is 5.83. The van der Waals surface area contributed by atoms with Crippen LogP contribution in [-0.2, 0) is 0 Å². The third kappa shape index (κ3) is 3.21. The minimum absolute atomic E-state index is 0.0363. The molecule has 0 aliphatic rings. The summed E-state index contributed by atoms with van der Waals surface area (Å²) >= 11 is 2.53. The zero-order chi connectivity index (χ0) is 13.0. The first-order valence-corrected chi connectivity index (χ1v) is 7.03. The fourth-order valence-electron chi connectivity index (χ4n) is 1.43. The van der Waals surface area contributed by atoms with Crippen molar-refractivity contribution in [1.82, 2.24) is 14.9 Å². The van der Waals surface area contributed by atoms with Crippen LogP contribution in [0.2, 0.25) is 0 Å². The molecule has 1 atom stereocenters. The number of rotatable bonds is 5. The van der Waals surface area contributed by atoms with Gasteiger partial charge in [-0.15, -0.1) is 16.4 Å². The largest absolute Gasteiger partial charge is 0.348 e. The van der Waals surface area contributed by atoms with E-state index in [-0.39, 0.29) is 29.8 Å². The maximum absolute atomic E-state index is 11.8. The highest BCUT2D eigenvalue weighted by Gasteiger charge is 2.16. The summed E-state index contributed by atoms with van der Waals surface area (Å²) < 4.78 is 3.62. The maximum atomic E-state index is 11.8. The lowest BCUT2D eigenvalue weighted by Gasteiger charge is -2.11. The summed E-state index contributed by atoms with van der Waals surface area (Å²) in [5.74, 6) is -0.260. The highest BCUT2D eigenvalue weighted by molar-refractivity contribution is 7.12. The molecule has 7 heteroatoms. The molecule has 2 heterocycles. The molecular formula is C11H11N3O2S2. The Balaban J connectivity index is 1.87. The van der Waals surface area contributed by atoms with E-state index in [0.29, 0.717) is 4.88 Å². The minimum Gasteiger partial charge on any atom is -0.348 e. The van der Waals surface area contributed by atoms with Crippen LogP contribution >= 0.6 is 22.9 Å². The second-order valence-electron chi connectivity index (χ2n) is 3.77. The van der Waals surface area contributed by atoms with Gasteiger partial charge in [0.1, 0.15) is 0 Å². The molecule has 94 valence electrons. The molecule has 0 radical (unpaired) electrons. The highest BCUT2D eigenvalue weighted by atomic mass is 32.1. The molecule has 1 N–H and O–H groups in total. The molecule has 0 spiro atoms. The molecule has 0 fully saturated rings. The molecule has 1 amide bonds. The first kappa shape index (κ1) is 12.8. The smallest absolute Gasteiger partial charge is 0.272 e. The number of carbonyl (C=O) groups excluding carboxylic acids is 2. The summed E-state index contributed by atoms with van der Waals surface area (Å²) in [6.07, 6.45) is 0.282. The zero-order valence-corrected chi connectivity index (χ0v) is 11.3. The number of thiophene rings is 1. The van der Waals surface area contributed by atoms with Crippen molar-refractivity contribution in [2.75, 3.05) is 0 Å². The lowest BCUT2D eigenvalue weighted by atomic mass is 10.1. The number of nitrogens with one attached hydrogen (secondary N) is 1. The van der Waals surface area contributed by atoms with Crippen molar-refractivity contribution in [2.45, 2.75) is 19.4 Å². The van der Waals surface area contributed by atoms with Gasteiger partial charge in [0.25, 0.3) is 5.91 Å². The molecule has 0 saturated heterocycles. The van der Waals surface area contributed by atoms with Crippen LogP contribution in [0, 0.1) is 0 Å². The number of Topliss-reactive ketones (excluding diaryl/α,β-unsaturated/α-hetero) is 1. The molecule has 2 rings (SSSR count).